The molecule has 35 heavy (non-hydrogen) atoms. The van der Waals surface area contributed by atoms with Crippen molar-refractivity contribution in [1.82, 2.24) is 0 Å². The molecule has 0 unspecified atom stereocenters. The predicted octanol–water partition coefficient (Wildman–Crippen LogP) is 5.00. The standard InChI is InChI=1S/C28H32O7/c1-31-22-12-19(13-23(17-22)32-2)7-10-21-16-24(33-3)15-20(27(21)35-5)9-6-18-8-11-25(28(29)30)26(14-18)34-4/h8,11-17H,6-7,9-10H2,1-5H3,(H,29,30). The average molecular weight is 481 g/mol. The number of aromatic carboxylic acids is 1. The zero-order chi connectivity index (χ0) is 25.4. The highest BCUT2D eigenvalue weighted by molar-refractivity contribution is 5.91. The lowest BCUT2D eigenvalue weighted by atomic mass is 9.96. The molecule has 0 amide bonds. The Balaban J connectivity index is 1.84. The summed E-state index contributed by atoms with van der Waals surface area (Å²) < 4.78 is 27.5. The lowest BCUT2D eigenvalue weighted by Crippen LogP contribution is -2.04. The number of benzene rings is 3. The largest absolute Gasteiger partial charge is 0.497 e. The molecule has 0 saturated heterocycles. The Labute approximate surface area is 206 Å². The first-order valence-electron chi connectivity index (χ1n) is 11.3. The fourth-order valence-corrected chi connectivity index (χ4v) is 4.11. The van der Waals surface area contributed by atoms with Gasteiger partial charge in [0.25, 0.3) is 0 Å². The van der Waals surface area contributed by atoms with Gasteiger partial charge in [-0.1, -0.05) is 6.07 Å². The minimum absolute atomic E-state index is 0.145. The van der Waals surface area contributed by atoms with Crippen molar-refractivity contribution in [3.8, 4) is 28.7 Å². The predicted molar refractivity (Wildman–Crippen MR) is 134 cm³/mol. The summed E-state index contributed by atoms with van der Waals surface area (Å²) in [5.74, 6) is 2.43. The maximum Gasteiger partial charge on any atom is 0.339 e. The van der Waals surface area contributed by atoms with Crippen molar-refractivity contribution in [1.29, 1.82) is 0 Å². The van der Waals surface area contributed by atoms with E-state index in [0.717, 1.165) is 58.1 Å². The maximum atomic E-state index is 11.4. The van der Waals surface area contributed by atoms with E-state index in [2.05, 4.69) is 0 Å². The number of ether oxygens (including phenoxy) is 5. The smallest absolute Gasteiger partial charge is 0.339 e. The molecule has 0 heterocycles. The summed E-state index contributed by atoms with van der Waals surface area (Å²) in [6.07, 6.45) is 2.89. The Hall–Kier alpha value is -3.87. The molecular formula is C28H32O7. The van der Waals surface area contributed by atoms with Crippen LogP contribution in [0.5, 0.6) is 28.7 Å². The first kappa shape index (κ1) is 25.7. The van der Waals surface area contributed by atoms with Gasteiger partial charge in [0.1, 0.15) is 34.3 Å². The zero-order valence-corrected chi connectivity index (χ0v) is 20.8. The van der Waals surface area contributed by atoms with Crippen LogP contribution in [0.15, 0.2) is 48.5 Å². The van der Waals surface area contributed by atoms with Gasteiger partial charge in [-0.15, -0.1) is 0 Å². The number of carbonyl (C=O) groups is 1. The molecular weight excluding hydrogens is 448 g/mol. The molecule has 0 spiro atoms. The minimum Gasteiger partial charge on any atom is -0.497 e. The third kappa shape index (κ3) is 6.38. The second kappa shape index (κ2) is 12.0. The second-order valence-electron chi connectivity index (χ2n) is 8.04. The SMILES string of the molecule is COc1cc(CCc2cc(OC)cc(CCc3ccc(C(=O)O)c(OC)c3)c2OC)cc(OC)c1. The molecule has 7 heteroatoms. The Morgan fingerprint density at radius 3 is 1.66 bits per heavy atom. The number of methoxy groups -OCH3 is 5. The molecule has 0 aliphatic heterocycles. The van der Waals surface area contributed by atoms with Gasteiger partial charge in [0.05, 0.1) is 35.5 Å². The summed E-state index contributed by atoms with van der Waals surface area (Å²) in [7, 11) is 8.08. The monoisotopic (exact) mass is 480 g/mol. The fraction of sp³-hybridized carbons (Fsp3) is 0.321. The second-order valence-corrected chi connectivity index (χ2v) is 8.04. The van der Waals surface area contributed by atoms with Crippen LogP contribution in [-0.4, -0.2) is 46.6 Å². The van der Waals surface area contributed by atoms with Crippen LogP contribution in [0.3, 0.4) is 0 Å². The Morgan fingerprint density at radius 1 is 0.629 bits per heavy atom. The molecule has 7 nitrogen and oxygen atoms in total. The highest BCUT2D eigenvalue weighted by atomic mass is 16.5. The van der Waals surface area contributed by atoms with Crippen LogP contribution in [0.2, 0.25) is 0 Å². The van der Waals surface area contributed by atoms with E-state index < -0.39 is 5.97 Å². The van der Waals surface area contributed by atoms with Crippen molar-refractivity contribution >= 4 is 5.97 Å². The molecule has 0 aromatic heterocycles. The summed E-state index contributed by atoms with van der Waals surface area (Å²) in [5, 5.41) is 9.32. The van der Waals surface area contributed by atoms with E-state index in [4.69, 9.17) is 23.7 Å². The first-order valence-corrected chi connectivity index (χ1v) is 11.3. The van der Waals surface area contributed by atoms with Crippen LogP contribution < -0.4 is 23.7 Å². The highest BCUT2D eigenvalue weighted by Gasteiger charge is 2.15. The molecule has 0 aliphatic rings. The van der Waals surface area contributed by atoms with E-state index in [1.165, 1.54) is 7.11 Å². The van der Waals surface area contributed by atoms with Crippen LogP contribution in [0.25, 0.3) is 0 Å². The number of hydrogen-bond donors (Lipinski definition) is 1. The molecule has 0 fully saturated rings. The number of carboxylic acid groups (broad SMARTS) is 1. The highest BCUT2D eigenvalue weighted by Crippen LogP contribution is 2.33. The summed E-state index contributed by atoms with van der Waals surface area (Å²) >= 11 is 0. The van der Waals surface area contributed by atoms with Crippen molar-refractivity contribution < 1.29 is 33.6 Å². The topological polar surface area (TPSA) is 83.5 Å². The van der Waals surface area contributed by atoms with Gasteiger partial charge in [0.2, 0.25) is 0 Å². The van der Waals surface area contributed by atoms with E-state index in [0.29, 0.717) is 18.6 Å². The molecule has 1 N–H and O–H groups in total. The third-order valence-electron chi connectivity index (χ3n) is 5.93. The van der Waals surface area contributed by atoms with Gasteiger partial charge in [0.15, 0.2) is 0 Å². The number of aryl methyl sites for hydroxylation is 4. The molecule has 0 atom stereocenters. The quantitative estimate of drug-likeness (QED) is 0.391. The van der Waals surface area contributed by atoms with Gasteiger partial charge >= 0.3 is 5.97 Å². The minimum atomic E-state index is -1.01. The van der Waals surface area contributed by atoms with Gasteiger partial charge in [-0.2, -0.15) is 0 Å². The number of rotatable bonds is 12. The van der Waals surface area contributed by atoms with Crippen molar-refractivity contribution in [3.63, 3.8) is 0 Å². The molecule has 0 aliphatic carbocycles. The summed E-state index contributed by atoms with van der Waals surface area (Å²) in [5.41, 5.74) is 4.28. The lowest BCUT2D eigenvalue weighted by molar-refractivity contribution is 0.0693. The van der Waals surface area contributed by atoms with E-state index in [-0.39, 0.29) is 5.56 Å². The molecule has 3 aromatic carbocycles. The molecule has 0 bridgehead atoms. The van der Waals surface area contributed by atoms with Gasteiger partial charge in [-0.25, -0.2) is 4.79 Å². The summed E-state index contributed by atoms with van der Waals surface area (Å²) in [6, 6.07) is 15.0. The summed E-state index contributed by atoms with van der Waals surface area (Å²) in [4.78, 5) is 11.4. The van der Waals surface area contributed by atoms with Crippen molar-refractivity contribution in [2.45, 2.75) is 25.7 Å². The van der Waals surface area contributed by atoms with Gasteiger partial charge in [0, 0.05) is 6.07 Å². The van der Waals surface area contributed by atoms with E-state index >= 15 is 0 Å². The van der Waals surface area contributed by atoms with E-state index in [1.807, 2.05) is 36.4 Å². The fourth-order valence-electron chi connectivity index (χ4n) is 4.11. The van der Waals surface area contributed by atoms with Gasteiger partial charge in [-0.3, -0.25) is 0 Å². The maximum absolute atomic E-state index is 11.4. The Bertz CT molecular complexity index is 1150. The third-order valence-corrected chi connectivity index (χ3v) is 5.93. The Kier molecular flexibility index (Phi) is 8.84. The van der Waals surface area contributed by atoms with Crippen LogP contribution >= 0.6 is 0 Å². The number of hydrogen-bond acceptors (Lipinski definition) is 6. The van der Waals surface area contributed by atoms with E-state index in [1.54, 1.807) is 40.6 Å². The molecule has 0 radical (unpaired) electrons. The van der Waals surface area contributed by atoms with Crippen LogP contribution in [0.1, 0.15) is 32.6 Å². The molecule has 3 rings (SSSR count). The normalized spacial score (nSPS) is 10.5. The summed E-state index contributed by atoms with van der Waals surface area (Å²) in [6.45, 7) is 0. The molecule has 0 saturated carbocycles. The average Bonchev–Trinajstić information content (AvgIpc) is 2.89. The van der Waals surface area contributed by atoms with Crippen molar-refractivity contribution in [2.24, 2.45) is 0 Å². The van der Waals surface area contributed by atoms with E-state index in [9.17, 15) is 9.90 Å². The van der Waals surface area contributed by atoms with Crippen molar-refractivity contribution in [2.75, 3.05) is 35.5 Å². The van der Waals surface area contributed by atoms with Crippen LogP contribution in [0.4, 0.5) is 0 Å². The first-order chi connectivity index (χ1) is 16.9. The van der Waals surface area contributed by atoms with Gasteiger partial charge < -0.3 is 28.8 Å². The van der Waals surface area contributed by atoms with Crippen molar-refractivity contribution in [3.05, 3.63) is 76.3 Å². The zero-order valence-electron chi connectivity index (χ0n) is 20.8. The van der Waals surface area contributed by atoms with Gasteiger partial charge in [-0.05, 0) is 84.3 Å². The lowest BCUT2D eigenvalue weighted by Gasteiger charge is -2.17. The Morgan fingerprint density at radius 2 is 1.17 bits per heavy atom. The van der Waals surface area contributed by atoms with Crippen LogP contribution in [0, 0.1) is 0 Å². The number of carboxylic acids is 1. The molecule has 186 valence electrons. The molecule has 3 aromatic rings. The van der Waals surface area contributed by atoms with Crippen LogP contribution in [-0.2, 0) is 25.7 Å².